The molecule has 0 aliphatic rings. The number of carbonyl (C=O) groups excluding carboxylic acids is 1. The molecule has 0 heterocycles. The van der Waals surface area contributed by atoms with Gasteiger partial charge in [-0.25, -0.2) is 0 Å². The molecular weight excluding hydrogens is 256 g/mol. The maximum atomic E-state index is 12.0. The summed E-state index contributed by atoms with van der Waals surface area (Å²) in [6.45, 7) is 6.54. The molecule has 0 radical (unpaired) electrons. The highest BCUT2D eigenvalue weighted by Crippen LogP contribution is 2.09. The summed E-state index contributed by atoms with van der Waals surface area (Å²) in [7, 11) is 0. The Morgan fingerprint density at radius 3 is 2.40 bits per heavy atom. The molecule has 0 aliphatic carbocycles. The highest BCUT2D eigenvalue weighted by Gasteiger charge is 2.18. The van der Waals surface area contributed by atoms with Gasteiger partial charge in [0, 0.05) is 11.7 Å². The van der Waals surface area contributed by atoms with E-state index in [1.807, 2.05) is 49.9 Å². The summed E-state index contributed by atoms with van der Waals surface area (Å²) in [5.74, 6) is -0.983. The van der Waals surface area contributed by atoms with E-state index in [2.05, 4.69) is 5.32 Å². The summed E-state index contributed by atoms with van der Waals surface area (Å²) >= 11 is 0. The van der Waals surface area contributed by atoms with Gasteiger partial charge in [0.2, 0.25) is 5.91 Å². The van der Waals surface area contributed by atoms with Gasteiger partial charge in [-0.2, -0.15) is 0 Å². The summed E-state index contributed by atoms with van der Waals surface area (Å²) in [5.41, 5.74) is 1.89. The largest absolute Gasteiger partial charge is 0.481 e. The Morgan fingerprint density at radius 2 is 1.90 bits per heavy atom. The summed E-state index contributed by atoms with van der Waals surface area (Å²) in [6.07, 6.45) is 0.0334. The third-order valence-electron chi connectivity index (χ3n) is 3.18. The number of nitrogens with zero attached hydrogens (tertiary/aromatic N) is 1. The molecule has 1 atom stereocenters. The number of anilines is 1. The minimum Gasteiger partial charge on any atom is -0.481 e. The second-order valence-electron chi connectivity index (χ2n) is 4.92. The van der Waals surface area contributed by atoms with Crippen LogP contribution >= 0.6 is 0 Å². The van der Waals surface area contributed by atoms with Gasteiger partial charge in [-0.15, -0.1) is 0 Å². The number of carbonyl (C=O) groups is 2. The molecular formula is C15H22N2O3. The van der Waals surface area contributed by atoms with Crippen LogP contribution in [0.25, 0.3) is 0 Å². The van der Waals surface area contributed by atoms with Crippen LogP contribution in [0.15, 0.2) is 24.3 Å². The lowest BCUT2D eigenvalue weighted by molar-refractivity contribution is -0.138. The van der Waals surface area contributed by atoms with Crippen molar-refractivity contribution in [1.82, 2.24) is 4.90 Å². The van der Waals surface area contributed by atoms with Crippen LogP contribution in [-0.2, 0) is 9.59 Å². The number of carboxylic acids is 1. The zero-order chi connectivity index (χ0) is 15.1. The molecule has 0 fully saturated rings. The van der Waals surface area contributed by atoms with Gasteiger partial charge in [0.15, 0.2) is 0 Å². The van der Waals surface area contributed by atoms with Crippen LogP contribution in [0.2, 0.25) is 0 Å². The fraction of sp³-hybridized carbons (Fsp3) is 0.467. The zero-order valence-corrected chi connectivity index (χ0v) is 12.2. The Labute approximate surface area is 119 Å². The average Bonchev–Trinajstić information content (AvgIpc) is 2.37. The van der Waals surface area contributed by atoms with Gasteiger partial charge < -0.3 is 10.4 Å². The molecule has 0 saturated heterocycles. The number of hydrogen-bond donors (Lipinski definition) is 2. The monoisotopic (exact) mass is 278 g/mol. The molecule has 0 aromatic heterocycles. The van der Waals surface area contributed by atoms with Gasteiger partial charge in [-0.1, -0.05) is 24.6 Å². The standard InChI is InChI=1S/C15H22N2O3/c1-4-17(12(3)9-15(19)20)10-14(18)16-13-7-5-11(2)6-8-13/h5-8,12H,4,9-10H2,1-3H3,(H,16,18)(H,19,20). The molecule has 2 N–H and O–H groups in total. The van der Waals surface area contributed by atoms with E-state index < -0.39 is 5.97 Å². The Bertz CT molecular complexity index is 457. The topological polar surface area (TPSA) is 69.6 Å². The van der Waals surface area contributed by atoms with E-state index in [0.29, 0.717) is 6.54 Å². The molecule has 110 valence electrons. The van der Waals surface area contributed by atoms with Crippen molar-refractivity contribution in [2.75, 3.05) is 18.4 Å². The van der Waals surface area contributed by atoms with Gasteiger partial charge in [0.1, 0.15) is 0 Å². The lowest BCUT2D eigenvalue weighted by Crippen LogP contribution is -2.40. The maximum Gasteiger partial charge on any atom is 0.304 e. The van der Waals surface area contributed by atoms with Gasteiger partial charge in [-0.3, -0.25) is 14.5 Å². The molecule has 0 saturated carbocycles. The highest BCUT2D eigenvalue weighted by atomic mass is 16.4. The normalized spacial score (nSPS) is 12.2. The lowest BCUT2D eigenvalue weighted by Gasteiger charge is -2.25. The van der Waals surface area contributed by atoms with Crippen molar-refractivity contribution < 1.29 is 14.7 Å². The Kier molecular flexibility index (Phi) is 6.18. The van der Waals surface area contributed by atoms with Crippen LogP contribution in [0.4, 0.5) is 5.69 Å². The van der Waals surface area contributed by atoms with E-state index in [1.165, 1.54) is 0 Å². The molecule has 1 unspecified atom stereocenters. The first kappa shape index (κ1) is 16.2. The molecule has 0 bridgehead atoms. The van der Waals surface area contributed by atoms with Crippen LogP contribution in [0, 0.1) is 6.92 Å². The fourth-order valence-electron chi connectivity index (χ4n) is 1.98. The molecule has 5 nitrogen and oxygen atoms in total. The van der Waals surface area contributed by atoms with E-state index in [0.717, 1.165) is 11.3 Å². The first-order valence-electron chi connectivity index (χ1n) is 6.74. The zero-order valence-electron chi connectivity index (χ0n) is 12.2. The summed E-state index contributed by atoms with van der Waals surface area (Å²) < 4.78 is 0. The average molecular weight is 278 g/mol. The summed E-state index contributed by atoms with van der Waals surface area (Å²) in [5, 5.41) is 11.6. The van der Waals surface area contributed by atoms with Crippen LogP contribution in [0.3, 0.4) is 0 Å². The number of nitrogens with one attached hydrogen (secondary N) is 1. The van der Waals surface area contributed by atoms with Crippen molar-refractivity contribution in [3.8, 4) is 0 Å². The number of benzene rings is 1. The van der Waals surface area contributed by atoms with Crippen molar-refractivity contribution in [2.45, 2.75) is 33.2 Å². The molecule has 0 spiro atoms. The summed E-state index contributed by atoms with van der Waals surface area (Å²) in [6, 6.07) is 7.40. The number of likely N-dealkylation sites (N-methyl/N-ethyl adjacent to an activating group) is 1. The molecule has 20 heavy (non-hydrogen) atoms. The quantitative estimate of drug-likeness (QED) is 0.801. The minimum absolute atomic E-state index is 0.0334. The Hall–Kier alpha value is -1.88. The van der Waals surface area contributed by atoms with E-state index in [-0.39, 0.29) is 24.9 Å². The maximum absolute atomic E-state index is 12.0. The SMILES string of the molecule is CCN(CC(=O)Nc1ccc(C)cc1)C(C)CC(=O)O. The van der Waals surface area contributed by atoms with Crippen LogP contribution < -0.4 is 5.32 Å². The van der Waals surface area contributed by atoms with Crippen molar-refractivity contribution in [1.29, 1.82) is 0 Å². The van der Waals surface area contributed by atoms with Crippen molar-refractivity contribution in [3.05, 3.63) is 29.8 Å². The molecule has 1 aromatic rings. The predicted molar refractivity (Wildman–Crippen MR) is 78.8 cm³/mol. The van der Waals surface area contributed by atoms with Crippen molar-refractivity contribution in [3.63, 3.8) is 0 Å². The minimum atomic E-state index is -0.852. The molecule has 5 heteroatoms. The van der Waals surface area contributed by atoms with Gasteiger partial charge in [0.25, 0.3) is 0 Å². The van der Waals surface area contributed by atoms with Crippen LogP contribution in [0.5, 0.6) is 0 Å². The first-order valence-corrected chi connectivity index (χ1v) is 6.74. The number of aryl methyl sites for hydroxylation is 1. The number of amides is 1. The fourth-order valence-corrected chi connectivity index (χ4v) is 1.98. The van der Waals surface area contributed by atoms with E-state index in [1.54, 1.807) is 0 Å². The van der Waals surface area contributed by atoms with Gasteiger partial charge in [-0.05, 0) is 32.5 Å². The Morgan fingerprint density at radius 1 is 1.30 bits per heavy atom. The Balaban J connectivity index is 2.54. The summed E-state index contributed by atoms with van der Waals surface area (Å²) in [4.78, 5) is 24.5. The van der Waals surface area contributed by atoms with Crippen molar-refractivity contribution in [2.24, 2.45) is 0 Å². The molecule has 1 rings (SSSR count). The lowest BCUT2D eigenvalue weighted by atomic mass is 10.2. The second kappa shape index (κ2) is 7.65. The number of carboxylic acid groups (broad SMARTS) is 1. The van der Waals surface area contributed by atoms with E-state index in [9.17, 15) is 9.59 Å². The molecule has 0 aliphatic heterocycles. The number of aliphatic carboxylic acids is 1. The van der Waals surface area contributed by atoms with Gasteiger partial charge >= 0.3 is 5.97 Å². The predicted octanol–water partition coefficient (Wildman–Crippen LogP) is 2.12. The highest BCUT2D eigenvalue weighted by molar-refractivity contribution is 5.92. The molecule has 1 amide bonds. The number of rotatable bonds is 7. The van der Waals surface area contributed by atoms with E-state index >= 15 is 0 Å². The third kappa shape index (κ3) is 5.40. The number of hydrogen-bond acceptors (Lipinski definition) is 3. The molecule has 1 aromatic carbocycles. The first-order chi connectivity index (χ1) is 9.42. The second-order valence-corrected chi connectivity index (χ2v) is 4.92. The smallest absolute Gasteiger partial charge is 0.304 e. The third-order valence-corrected chi connectivity index (χ3v) is 3.18. The van der Waals surface area contributed by atoms with Crippen LogP contribution in [-0.4, -0.2) is 41.0 Å². The van der Waals surface area contributed by atoms with E-state index in [4.69, 9.17) is 5.11 Å². The van der Waals surface area contributed by atoms with Gasteiger partial charge in [0.05, 0.1) is 13.0 Å². The van der Waals surface area contributed by atoms with Crippen molar-refractivity contribution >= 4 is 17.6 Å². The van der Waals surface area contributed by atoms with Crippen LogP contribution in [0.1, 0.15) is 25.8 Å².